The maximum Gasteiger partial charge on any atom is 0.407 e. The predicted molar refractivity (Wildman–Crippen MR) is 201 cm³/mol. The first-order valence-corrected chi connectivity index (χ1v) is 18.1. The third-order valence-corrected chi connectivity index (χ3v) is 10.6. The van der Waals surface area contributed by atoms with Crippen LogP contribution in [-0.2, 0) is 33.7 Å². The van der Waals surface area contributed by atoms with Gasteiger partial charge in [0.25, 0.3) is 5.91 Å². The number of carbonyl (C=O) groups excluding carboxylic acids is 3. The van der Waals surface area contributed by atoms with Crippen LogP contribution in [-0.4, -0.2) is 81.5 Å². The van der Waals surface area contributed by atoms with Crippen molar-refractivity contribution in [3.8, 4) is 11.1 Å². The fourth-order valence-corrected chi connectivity index (χ4v) is 7.69. The number of hydrogen-bond acceptors (Lipinski definition) is 8. The van der Waals surface area contributed by atoms with Crippen molar-refractivity contribution >= 4 is 17.9 Å². The van der Waals surface area contributed by atoms with Crippen molar-refractivity contribution in [2.75, 3.05) is 20.2 Å². The molecule has 0 unspecified atom stereocenters. The molecular weight excluding hydrogens is 670 g/mol. The van der Waals surface area contributed by atoms with Crippen LogP contribution in [0.2, 0.25) is 0 Å². The zero-order valence-electron chi connectivity index (χ0n) is 30.7. The number of aliphatic hydroxyl groups excluding tert-OH is 2. The lowest BCUT2D eigenvalue weighted by Crippen LogP contribution is -2.57. The van der Waals surface area contributed by atoms with Gasteiger partial charge in [0.05, 0.1) is 30.8 Å². The van der Waals surface area contributed by atoms with Gasteiger partial charge in [-0.05, 0) is 57.7 Å². The molecule has 0 spiro atoms. The molecule has 4 N–H and O–H groups in total. The summed E-state index contributed by atoms with van der Waals surface area (Å²) in [5, 5.41) is 27.6. The van der Waals surface area contributed by atoms with Gasteiger partial charge < -0.3 is 25.2 Å². The van der Waals surface area contributed by atoms with Crippen LogP contribution in [0.1, 0.15) is 55.5 Å². The lowest BCUT2D eigenvalue weighted by Gasteiger charge is -2.36. The van der Waals surface area contributed by atoms with Crippen molar-refractivity contribution in [1.29, 1.82) is 0 Å². The summed E-state index contributed by atoms with van der Waals surface area (Å²) in [6.45, 7) is 6.08. The summed E-state index contributed by atoms with van der Waals surface area (Å²) < 4.78 is 4.83. The molecule has 1 saturated heterocycles. The van der Waals surface area contributed by atoms with Crippen LogP contribution >= 0.6 is 0 Å². The number of nitrogens with zero attached hydrogens (tertiary/aromatic N) is 3. The first kappa shape index (κ1) is 37.7. The van der Waals surface area contributed by atoms with E-state index in [1.54, 1.807) is 22.3 Å². The van der Waals surface area contributed by atoms with Gasteiger partial charge in [-0.1, -0.05) is 106 Å². The SMILES string of the molecule is COC(=O)N[C@H](C(=O)NN(CC[C@@]1(Cc2ccccc2)C(=O)N([C@H]2c3ccccc3C[C@H]2O)C[C@@H]1O)Cc1ccc(-c2cccnc2)cc1)C(C)(C)C. The maximum absolute atomic E-state index is 14.8. The fourth-order valence-electron chi connectivity index (χ4n) is 7.69. The number of methoxy groups -OCH3 is 1. The number of aromatic nitrogens is 1. The van der Waals surface area contributed by atoms with Gasteiger partial charge in [-0.15, -0.1) is 0 Å². The molecule has 3 amide bonds. The molecule has 2 heterocycles. The number of alkyl carbamates (subject to hydrolysis) is 1. The number of aliphatic hydroxyl groups is 2. The number of fused-ring (bicyclic) bond motifs is 1. The Morgan fingerprint density at radius 3 is 2.36 bits per heavy atom. The molecule has 1 fully saturated rings. The third kappa shape index (κ3) is 8.27. The molecule has 0 radical (unpaired) electrons. The van der Waals surface area contributed by atoms with Gasteiger partial charge in [-0.25, -0.2) is 9.80 Å². The first-order chi connectivity index (χ1) is 25.4. The zero-order chi connectivity index (χ0) is 37.8. The molecule has 0 saturated carbocycles. The summed E-state index contributed by atoms with van der Waals surface area (Å²) in [4.78, 5) is 47.0. The van der Waals surface area contributed by atoms with E-state index in [1.807, 2.05) is 112 Å². The third-order valence-electron chi connectivity index (χ3n) is 10.6. The molecule has 11 heteroatoms. The van der Waals surface area contributed by atoms with E-state index >= 15 is 0 Å². The number of hydrogen-bond donors (Lipinski definition) is 4. The Hall–Kier alpha value is -5.10. The summed E-state index contributed by atoms with van der Waals surface area (Å²) in [6.07, 6.45) is 1.85. The van der Waals surface area contributed by atoms with Crippen LogP contribution in [0.25, 0.3) is 11.1 Å². The lowest BCUT2D eigenvalue weighted by molar-refractivity contribution is -0.142. The summed E-state index contributed by atoms with van der Waals surface area (Å²) >= 11 is 0. The number of carbonyl (C=O) groups is 3. The number of benzene rings is 3. The van der Waals surface area contributed by atoms with E-state index in [9.17, 15) is 24.6 Å². The molecule has 11 nitrogen and oxygen atoms in total. The highest BCUT2D eigenvalue weighted by atomic mass is 16.5. The molecule has 2 aliphatic rings. The minimum Gasteiger partial charge on any atom is -0.453 e. The Balaban J connectivity index is 1.31. The molecule has 0 bridgehead atoms. The van der Waals surface area contributed by atoms with Crippen molar-refractivity contribution in [2.24, 2.45) is 10.8 Å². The topological polar surface area (TPSA) is 144 Å². The number of rotatable bonds is 12. The monoisotopic (exact) mass is 719 g/mol. The fraction of sp³-hybridized carbons (Fsp3) is 0.381. The normalized spacial score (nSPS) is 21.7. The number of hydrazine groups is 1. The van der Waals surface area contributed by atoms with Crippen LogP contribution < -0.4 is 10.7 Å². The van der Waals surface area contributed by atoms with E-state index in [1.165, 1.54) is 7.11 Å². The van der Waals surface area contributed by atoms with Crippen LogP contribution in [0.5, 0.6) is 0 Å². The summed E-state index contributed by atoms with van der Waals surface area (Å²) in [7, 11) is 1.25. The smallest absolute Gasteiger partial charge is 0.407 e. The highest BCUT2D eigenvalue weighted by Gasteiger charge is 2.56. The van der Waals surface area contributed by atoms with Gasteiger partial charge in [0.15, 0.2) is 0 Å². The van der Waals surface area contributed by atoms with Crippen molar-refractivity contribution in [2.45, 2.75) is 70.9 Å². The predicted octanol–water partition coefficient (Wildman–Crippen LogP) is 4.83. The van der Waals surface area contributed by atoms with E-state index in [-0.39, 0.29) is 38.4 Å². The molecule has 1 aliphatic heterocycles. The lowest BCUT2D eigenvalue weighted by atomic mass is 9.75. The van der Waals surface area contributed by atoms with Crippen molar-refractivity contribution in [3.63, 3.8) is 0 Å². The molecule has 53 heavy (non-hydrogen) atoms. The minimum absolute atomic E-state index is 0.0685. The second-order valence-electron chi connectivity index (χ2n) is 15.2. The zero-order valence-corrected chi connectivity index (χ0v) is 30.7. The molecule has 4 aromatic rings. The van der Waals surface area contributed by atoms with E-state index in [2.05, 4.69) is 15.7 Å². The summed E-state index contributed by atoms with van der Waals surface area (Å²) in [5.41, 5.74) is 6.76. The van der Waals surface area contributed by atoms with Gasteiger partial charge in [0.1, 0.15) is 6.04 Å². The van der Waals surface area contributed by atoms with E-state index in [0.29, 0.717) is 6.42 Å². The van der Waals surface area contributed by atoms with Crippen molar-refractivity contribution in [3.05, 3.63) is 126 Å². The average Bonchev–Trinajstić information content (AvgIpc) is 3.60. The molecule has 5 atom stereocenters. The summed E-state index contributed by atoms with van der Waals surface area (Å²) in [5.74, 6) is -0.681. The summed E-state index contributed by atoms with van der Waals surface area (Å²) in [6, 6.07) is 27.6. The molecule has 278 valence electrons. The largest absolute Gasteiger partial charge is 0.453 e. The van der Waals surface area contributed by atoms with Gasteiger partial charge in [-0.3, -0.25) is 20.0 Å². The van der Waals surface area contributed by atoms with E-state index in [4.69, 9.17) is 4.74 Å². The van der Waals surface area contributed by atoms with Gasteiger partial charge in [0.2, 0.25) is 5.91 Å². The molecule has 1 aliphatic carbocycles. The number of pyridine rings is 1. The molecular formula is C42H49N5O6. The Kier molecular flexibility index (Phi) is 11.3. The van der Waals surface area contributed by atoms with Crippen LogP contribution in [0.3, 0.4) is 0 Å². The Morgan fingerprint density at radius 1 is 0.962 bits per heavy atom. The highest BCUT2D eigenvalue weighted by molar-refractivity contribution is 5.87. The molecule has 1 aromatic heterocycles. The Bertz CT molecular complexity index is 1880. The quantitative estimate of drug-likeness (QED) is 0.153. The highest BCUT2D eigenvalue weighted by Crippen LogP contribution is 2.46. The maximum atomic E-state index is 14.8. The number of β-amino-alcohol motifs (C(OH)–C–C–N with tert-alkyl or cyclic N) is 1. The van der Waals surface area contributed by atoms with Crippen LogP contribution in [0.4, 0.5) is 4.79 Å². The number of nitrogens with one attached hydrogen (secondary N) is 2. The average molecular weight is 720 g/mol. The number of amides is 3. The first-order valence-electron chi connectivity index (χ1n) is 18.1. The molecule has 6 rings (SSSR count). The van der Waals surface area contributed by atoms with E-state index in [0.717, 1.165) is 33.4 Å². The standard InChI is InChI=1S/C42H49N5O6/c1-41(2,3)37(44-40(52)53-4)38(50)45-46(26-29-16-18-30(19-17-29)32-14-10-21-43-25-32)22-20-42(24-28-11-6-5-7-12-28)35(49)27-47(39(42)51)36-33-15-9-8-13-31(33)23-34(36)48/h5-19,21,25,34-37,48-49H,20,22-24,26-27H2,1-4H3,(H,44,52)(H,45,50)/t34-,35+,36+,37-,42+/m1/s1. The molecule has 3 aromatic carbocycles. The van der Waals surface area contributed by atoms with Gasteiger partial charge in [-0.2, -0.15) is 0 Å². The van der Waals surface area contributed by atoms with Crippen LogP contribution in [0.15, 0.2) is 103 Å². The number of ether oxygens (including phenoxy) is 1. The van der Waals surface area contributed by atoms with Gasteiger partial charge >= 0.3 is 6.09 Å². The minimum atomic E-state index is -1.25. The van der Waals surface area contributed by atoms with Crippen molar-refractivity contribution in [1.82, 2.24) is 25.6 Å². The number of likely N-dealkylation sites (tertiary alicyclic amines) is 1. The Morgan fingerprint density at radius 2 is 1.68 bits per heavy atom. The van der Waals surface area contributed by atoms with Crippen LogP contribution in [0, 0.1) is 10.8 Å². The second-order valence-corrected chi connectivity index (χ2v) is 15.2. The van der Waals surface area contributed by atoms with E-state index < -0.39 is 47.1 Å². The van der Waals surface area contributed by atoms with Crippen molar-refractivity contribution < 1.29 is 29.3 Å². The van der Waals surface area contributed by atoms with Gasteiger partial charge in [0, 0.05) is 38.4 Å². The Labute approximate surface area is 311 Å². The second kappa shape index (κ2) is 15.9.